The molecule has 0 amide bonds. The number of rotatable bonds is 2. The van der Waals surface area contributed by atoms with Gasteiger partial charge in [0, 0.05) is 13.1 Å². The molecule has 64 valence electrons. The summed E-state index contributed by atoms with van der Waals surface area (Å²) in [4.78, 5) is 0. The summed E-state index contributed by atoms with van der Waals surface area (Å²) in [7, 11) is -2.81. The molecule has 0 radical (unpaired) electrons. The van der Waals surface area contributed by atoms with Gasteiger partial charge in [-0.15, -0.1) is 0 Å². The molecule has 0 atom stereocenters. The molecule has 2 aliphatic rings. The van der Waals surface area contributed by atoms with Gasteiger partial charge >= 0.3 is 0 Å². The highest BCUT2D eigenvalue weighted by molar-refractivity contribution is 7.89. The zero-order valence-corrected chi connectivity index (χ0v) is 7.31. The molecule has 1 heterocycles. The van der Waals surface area contributed by atoms with E-state index in [9.17, 15) is 8.42 Å². The van der Waals surface area contributed by atoms with Crippen LogP contribution in [0.2, 0.25) is 0 Å². The maximum atomic E-state index is 11.3. The van der Waals surface area contributed by atoms with Gasteiger partial charge in [0.1, 0.15) is 0 Å². The number of sulfonamides is 1. The predicted molar refractivity (Wildman–Crippen MR) is 42.7 cm³/mol. The molecule has 0 aromatic carbocycles. The number of hydrogen-bond acceptors (Lipinski definition) is 2. The van der Waals surface area contributed by atoms with E-state index >= 15 is 0 Å². The van der Waals surface area contributed by atoms with Crippen molar-refractivity contribution in [2.24, 2.45) is 5.92 Å². The minimum Gasteiger partial charge on any atom is -0.212 e. The van der Waals surface area contributed by atoms with Gasteiger partial charge in [0.05, 0.1) is 5.75 Å². The fourth-order valence-electron chi connectivity index (χ4n) is 1.48. The first-order chi connectivity index (χ1) is 5.18. The Bertz CT molecular complexity index is 243. The minimum absolute atomic E-state index is 0.375. The molecule has 0 bridgehead atoms. The third-order valence-electron chi connectivity index (χ3n) is 2.36. The zero-order valence-electron chi connectivity index (χ0n) is 6.49. The van der Waals surface area contributed by atoms with Gasteiger partial charge in [-0.05, 0) is 25.2 Å². The first-order valence-electron chi connectivity index (χ1n) is 4.16. The molecule has 2 rings (SSSR count). The van der Waals surface area contributed by atoms with E-state index in [0.717, 1.165) is 19.5 Å². The molecule has 0 aromatic heterocycles. The van der Waals surface area contributed by atoms with Crippen molar-refractivity contribution in [1.82, 2.24) is 4.31 Å². The summed E-state index contributed by atoms with van der Waals surface area (Å²) < 4.78 is 24.2. The van der Waals surface area contributed by atoms with Crippen molar-refractivity contribution in [3.8, 4) is 0 Å². The highest BCUT2D eigenvalue weighted by atomic mass is 32.2. The Kier molecular flexibility index (Phi) is 1.68. The van der Waals surface area contributed by atoms with Crippen molar-refractivity contribution in [2.45, 2.75) is 19.3 Å². The van der Waals surface area contributed by atoms with E-state index in [-0.39, 0.29) is 0 Å². The van der Waals surface area contributed by atoms with Crippen molar-refractivity contribution in [3.63, 3.8) is 0 Å². The Balaban J connectivity index is 2.01. The van der Waals surface area contributed by atoms with Crippen LogP contribution in [0.25, 0.3) is 0 Å². The van der Waals surface area contributed by atoms with Crippen LogP contribution >= 0.6 is 0 Å². The molecule has 4 heteroatoms. The van der Waals surface area contributed by atoms with Crippen LogP contribution in [0.15, 0.2) is 0 Å². The summed E-state index contributed by atoms with van der Waals surface area (Å²) in [6, 6.07) is 0. The molecule has 3 nitrogen and oxygen atoms in total. The van der Waals surface area contributed by atoms with E-state index < -0.39 is 10.0 Å². The fourth-order valence-corrected chi connectivity index (χ4v) is 3.08. The van der Waals surface area contributed by atoms with Gasteiger partial charge in [-0.25, -0.2) is 12.7 Å². The largest absolute Gasteiger partial charge is 0.214 e. The SMILES string of the molecule is O=S1(=O)CCCN1CC1CC1. The van der Waals surface area contributed by atoms with Crippen LogP contribution in [0, 0.1) is 5.92 Å². The first-order valence-corrected chi connectivity index (χ1v) is 5.77. The third kappa shape index (κ3) is 1.56. The van der Waals surface area contributed by atoms with Gasteiger partial charge in [-0.1, -0.05) is 0 Å². The Labute approximate surface area is 67.4 Å². The van der Waals surface area contributed by atoms with Gasteiger partial charge in [-0.2, -0.15) is 0 Å². The second-order valence-corrected chi connectivity index (χ2v) is 5.56. The van der Waals surface area contributed by atoms with E-state index in [4.69, 9.17) is 0 Å². The molecule has 1 aliphatic carbocycles. The van der Waals surface area contributed by atoms with Crippen LogP contribution < -0.4 is 0 Å². The molecular weight excluding hydrogens is 162 g/mol. The van der Waals surface area contributed by atoms with Gasteiger partial charge in [-0.3, -0.25) is 0 Å². The van der Waals surface area contributed by atoms with E-state index in [1.807, 2.05) is 0 Å². The molecule has 1 aliphatic heterocycles. The second kappa shape index (κ2) is 2.45. The average molecular weight is 175 g/mol. The van der Waals surface area contributed by atoms with Crippen LogP contribution in [0.1, 0.15) is 19.3 Å². The summed E-state index contributed by atoms with van der Waals surface area (Å²) in [6.45, 7) is 1.56. The monoisotopic (exact) mass is 175 g/mol. The molecule has 11 heavy (non-hydrogen) atoms. The number of hydrogen-bond donors (Lipinski definition) is 0. The quantitative estimate of drug-likeness (QED) is 0.610. The van der Waals surface area contributed by atoms with Crippen molar-refractivity contribution < 1.29 is 8.42 Å². The van der Waals surface area contributed by atoms with Crippen molar-refractivity contribution in [3.05, 3.63) is 0 Å². The molecule has 0 N–H and O–H groups in total. The van der Waals surface area contributed by atoms with Crippen LogP contribution in [0.5, 0.6) is 0 Å². The molecule has 0 aromatic rings. The Morgan fingerprint density at radius 2 is 2.09 bits per heavy atom. The standard InChI is InChI=1S/C7H13NO2S/c9-11(10)5-1-4-8(11)6-7-2-3-7/h7H,1-6H2. The lowest BCUT2D eigenvalue weighted by molar-refractivity contribution is 0.426. The summed E-state index contributed by atoms with van der Waals surface area (Å²) in [6.07, 6.45) is 3.28. The molecular formula is C7H13NO2S. The smallest absolute Gasteiger partial charge is 0.212 e. The molecule has 1 saturated heterocycles. The van der Waals surface area contributed by atoms with Crippen LogP contribution in [0.4, 0.5) is 0 Å². The minimum atomic E-state index is -2.81. The maximum absolute atomic E-state index is 11.3. The molecule has 0 spiro atoms. The van der Waals surface area contributed by atoms with Gasteiger partial charge < -0.3 is 0 Å². The van der Waals surface area contributed by atoms with Gasteiger partial charge in [0.2, 0.25) is 10.0 Å². The van der Waals surface area contributed by atoms with E-state index in [0.29, 0.717) is 11.7 Å². The number of nitrogens with zero attached hydrogens (tertiary/aromatic N) is 1. The fraction of sp³-hybridized carbons (Fsp3) is 1.00. The van der Waals surface area contributed by atoms with Crippen LogP contribution in [-0.4, -0.2) is 31.6 Å². The van der Waals surface area contributed by atoms with Gasteiger partial charge in [0.15, 0.2) is 0 Å². The summed E-state index contributed by atoms with van der Waals surface area (Å²) in [5.41, 5.74) is 0. The maximum Gasteiger partial charge on any atom is 0.214 e. The van der Waals surface area contributed by atoms with Crippen molar-refractivity contribution in [2.75, 3.05) is 18.8 Å². The van der Waals surface area contributed by atoms with E-state index in [1.54, 1.807) is 4.31 Å². The predicted octanol–water partition coefficient (Wildman–Crippen LogP) is 0.432. The molecule has 0 unspecified atom stereocenters. The Morgan fingerprint density at radius 3 is 2.55 bits per heavy atom. The second-order valence-electron chi connectivity index (χ2n) is 3.47. The lowest BCUT2D eigenvalue weighted by Crippen LogP contribution is -2.27. The van der Waals surface area contributed by atoms with Crippen LogP contribution in [0.3, 0.4) is 0 Å². The van der Waals surface area contributed by atoms with Crippen molar-refractivity contribution in [1.29, 1.82) is 0 Å². The topological polar surface area (TPSA) is 37.4 Å². The summed E-state index contributed by atoms with van der Waals surface area (Å²) in [5.74, 6) is 1.06. The molecule has 1 saturated carbocycles. The van der Waals surface area contributed by atoms with Crippen molar-refractivity contribution >= 4 is 10.0 Å². The molecule has 2 fully saturated rings. The lowest BCUT2D eigenvalue weighted by Gasteiger charge is -2.12. The normalized spacial score (nSPS) is 30.9. The first kappa shape index (κ1) is 7.55. The van der Waals surface area contributed by atoms with Crippen LogP contribution in [-0.2, 0) is 10.0 Å². The van der Waals surface area contributed by atoms with E-state index in [1.165, 1.54) is 12.8 Å². The lowest BCUT2D eigenvalue weighted by atomic mass is 10.4. The summed E-state index contributed by atoms with van der Waals surface area (Å²) in [5, 5.41) is 0. The third-order valence-corrected chi connectivity index (χ3v) is 4.28. The van der Waals surface area contributed by atoms with Gasteiger partial charge in [0.25, 0.3) is 0 Å². The highest BCUT2D eigenvalue weighted by Crippen LogP contribution is 2.31. The highest BCUT2D eigenvalue weighted by Gasteiger charge is 2.33. The Morgan fingerprint density at radius 1 is 1.36 bits per heavy atom. The zero-order chi connectivity index (χ0) is 7.90. The Hall–Kier alpha value is -0.0900. The average Bonchev–Trinajstić information content (AvgIpc) is 2.63. The van der Waals surface area contributed by atoms with E-state index in [2.05, 4.69) is 0 Å². The summed E-state index contributed by atoms with van der Waals surface area (Å²) >= 11 is 0.